The van der Waals surface area contributed by atoms with Crippen molar-refractivity contribution in [2.45, 2.75) is 291 Å². The van der Waals surface area contributed by atoms with Gasteiger partial charge < -0.3 is 28.9 Å². The van der Waals surface area contributed by atoms with Crippen LogP contribution in [0.4, 0.5) is 0 Å². The van der Waals surface area contributed by atoms with Crippen LogP contribution in [0, 0.1) is 61.9 Å². The van der Waals surface area contributed by atoms with Gasteiger partial charge in [0.1, 0.15) is 0 Å². The minimum absolute atomic E-state index is 0.0198. The molecule has 0 saturated heterocycles. The quantitative estimate of drug-likeness (QED) is 0.0265. The molecule has 1 rings (SSSR count). The van der Waals surface area contributed by atoms with Crippen LogP contribution in [0.3, 0.4) is 0 Å². The van der Waals surface area contributed by atoms with Crippen LogP contribution in [0.25, 0.3) is 0 Å². The summed E-state index contributed by atoms with van der Waals surface area (Å²) in [6.07, 6.45) is 20.3. The second-order valence-corrected chi connectivity index (χ2v) is 26.7. The SMILES string of the molecule is CCCCC(CC)COC(=O)C(C)(C)CC(C)(CC(C)(CC(C)(CC(C)(CC(CC)c1cccc[n+]1[O-])C(=O)OCC(CC)CCCC)C(=O)OCC(CC)CCCC)C(=O)OCC(CC)CCCC)C(=O)OCC(CC)CCCC. The molecule has 470 valence electrons. The van der Waals surface area contributed by atoms with Gasteiger partial charge in [-0.1, -0.05) is 179 Å². The predicted octanol–water partition coefficient (Wildman–Crippen LogP) is 17.6. The largest absolute Gasteiger partial charge is 0.618 e. The highest BCUT2D eigenvalue weighted by Gasteiger charge is 2.57. The molecule has 0 fully saturated rings. The van der Waals surface area contributed by atoms with Crippen LogP contribution < -0.4 is 4.73 Å². The summed E-state index contributed by atoms with van der Waals surface area (Å²) in [5, 5.41) is 13.5. The molecule has 0 aromatic carbocycles. The molecule has 0 spiro atoms. The van der Waals surface area contributed by atoms with Crippen LogP contribution in [-0.2, 0) is 47.7 Å². The minimum atomic E-state index is -1.60. The maximum atomic E-state index is 15.7. The van der Waals surface area contributed by atoms with Crippen molar-refractivity contribution in [2.24, 2.45) is 56.7 Å². The first-order valence-electron chi connectivity index (χ1n) is 32.9. The number of carbonyl (C=O) groups is 5. The summed E-state index contributed by atoms with van der Waals surface area (Å²) in [4.78, 5) is 76.5. The Bertz CT molecular complexity index is 1940. The minimum Gasteiger partial charge on any atom is -0.618 e. The zero-order chi connectivity index (χ0) is 61.3. The average molecular weight is 1140 g/mol. The van der Waals surface area contributed by atoms with Crippen molar-refractivity contribution in [2.75, 3.05) is 33.0 Å². The maximum Gasteiger partial charge on any atom is 0.311 e. The van der Waals surface area contributed by atoms with Crippen molar-refractivity contribution in [1.82, 2.24) is 0 Å². The molecule has 12 heteroatoms. The Hall–Kier alpha value is -3.70. The molecule has 1 aromatic heterocycles. The molecule has 0 aliphatic carbocycles. The van der Waals surface area contributed by atoms with Crippen LogP contribution in [0.5, 0.6) is 0 Å². The lowest BCUT2D eigenvalue weighted by atomic mass is 9.59. The highest BCUT2D eigenvalue weighted by molar-refractivity contribution is 5.85. The van der Waals surface area contributed by atoms with E-state index in [2.05, 4.69) is 69.2 Å². The molecular formula is C69H123NO11. The van der Waals surface area contributed by atoms with Gasteiger partial charge in [0.05, 0.1) is 60.1 Å². The summed E-state index contributed by atoms with van der Waals surface area (Å²) >= 11 is 0. The summed E-state index contributed by atoms with van der Waals surface area (Å²) in [6, 6.07) is 5.29. The molecule has 0 aliphatic rings. The Kier molecular flexibility index (Phi) is 36.3. The second-order valence-electron chi connectivity index (χ2n) is 26.7. The van der Waals surface area contributed by atoms with Crippen LogP contribution in [0.2, 0.25) is 0 Å². The van der Waals surface area contributed by atoms with Gasteiger partial charge in [-0.3, -0.25) is 24.0 Å². The van der Waals surface area contributed by atoms with Gasteiger partial charge in [-0.15, -0.1) is 0 Å². The van der Waals surface area contributed by atoms with Crippen LogP contribution in [0.1, 0.15) is 296 Å². The topological polar surface area (TPSA) is 158 Å². The van der Waals surface area contributed by atoms with E-state index in [9.17, 15) is 10.0 Å². The molecule has 0 saturated carbocycles. The van der Waals surface area contributed by atoms with E-state index >= 15 is 19.2 Å². The lowest BCUT2D eigenvalue weighted by molar-refractivity contribution is -0.615. The molecule has 10 unspecified atom stereocenters. The van der Waals surface area contributed by atoms with Crippen molar-refractivity contribution < 1.29 is 52.4 Å². The highest BCUT2D eigenvalue weighted by atomic mass is 16.6. The number of ether oxygens (including phenoxy) is 5. The van der Waals surface area contributed by atoms with Gasteiger partial charge in [0, 0.05) is 18.1 Å². The predicted molar refractivity (Wildman–Crippen MR) is 329 cm³/mol. The van der Waals surface area contributed by atoms with Crippen LogP contribution >= 0.6 is 0 Å². The third-order valence-electron chi connectivity index (χ3n) is 18.1. The van der Waals surface area contributed by atoms with E-state index in [1.807, 2.05) is 19.9 Å². The highest BCUT2D eigenvalue weighted by Crippen LogP contribution is 2.53. The Morgan fingerprint density at radius 3 is 0.975 bits per heavy atom. The van der Waals surface area contributed by atoms with Crippen molar-refractivity contribution >= 4 is 29.8 Å². The number of esters is 5. The van der Waals surface area contributed by atoms with Gasteiger partial charge in [-0.2, -0.15) is 4.73 Å². The number of rotatable bonds is 47. The Balaban J connectivity index is 4.49. The van der Waals surface area contributed by atoms with E-state index < -0.39 is 62.8 Å². The summed E-state index contributed by atoms with van der Waals surface area (Å²) in [6.45, 7) is 35.0. The smallest absolute Gasteiger partial charge is 0.311 e. The molecule has 0 aliphatic heterocycles. The number of hydrogen-bond donors (Lipinski definition) is 0. The molecule has 0 N–H and O–H groups in total. The van der Waals surface area contributed by atoms with Crippen molar-refractivity contribution in [3.05, 3.63) is 35.3 Å². The first-order chi connectivity index (χ1) is 38.3. The number of nitrogens with zero attached hydrogens (tertiary/aromatic N) is 1. The molecule has 0 amide bonds. The fourth-order valence-corrected chi connectivity index (χ4v) is 12.6. The molecule has 0 radical (unpaired) electrons. The van der Waals surface area contributed by atoms with Gasteiger partial charge in [0.25, 0.3) is 0 Å². The van der Waals surface area contributed by atoms with Crippen molar-refractivity contribution in [1.29, 1.82) is 0 Å². The fraction of sp³-hybridized carbons (Fsp3) is 0.855. The van der Waals surface area contributed by atoms with E-state index in [0.29, 0.717) is 12.1 Å². The van der Waals surface area contributed by atoms with E-state index in [4.69, 9.17) is 23.7 Å². The molecule has 10 atom stereocenters. The zero-order valence-corrected chi connectivity index (χ0v) is 55.1. The Morgan fingerprint density at radius 2 is 0.691 bits per heavy atom. The summed E-state index contributed by atoms with van der Waals surface area (Å²) < 4.78 is 32.8. The number of carbonyl (C=O) groups excluding carboxylic acids is 5. The third-order valence-corrected chi connectivity index (χ3v) is 18.1. The molecule has 1 heterocycles. The van der Waals surface area contributed by atoms with E-state index in [1.165, 1.54) is 6.20 Å². The normalized spacial score (nSPS) is 17.1. The van der Waals surface area contributed by atoms with E-state index in [1.54, 1.807) is 46.8 Å². The lowest BCUT2D eigenvalue weighted by Crippen LogP contribution is -2.49. The van der Waals surface area contributed by atoms with E-state index in [-0.39, 0.29) is 94.7 Å². The average Bonchev–Trinajstić information content (AvgIpc) is 3.45. The van der Waals surface area contributed by atoms with Crippen LogP contribution in [0.15, 0.2) is 24.4 Å². The Morgan fingerprint density at radius 1 is 0.407 bits per heavy atom. The monoisotopic (exact) mass is 1140 g/mol. The fourth-order valence-electron chi connectivity index (χ4n) is 12.6. The number of aromatic nitrogens is 1. The molecular weight excluding hydrogens is 1020 g/mol. The van der Waals surface area contributed by atoms with Gasteiger partial charge in [-0.25, -0.2) is 0 Å². The number of hydrogen-bond acceptors (Lipinski definition) is 11. The zero-order valence-electron chi connectivity index (χ0n) is 55.1. The van der Waals surface area contributed by atoms with E-state index in [0.717, 1.165) is 133 Å². The number of unbranched alkanes of at least 4 members (excludes halogenated alkanes) is 5. The molecule has 81 heavy (non-hydrogen) atoms. The third kappa shape index (κ3) is 26.0. The number of pyridine rings is 1. The van der Waals surface area contributed by atoms with Crippen LogP contribution in [-0.4, -0.2) is 62.9 Å². The second kappa shape index (κ2) is 39.0. The molecule has 0 bridgehead atoms. The first-order valence-corrected chi connectivity index (χ1v) is 32.9. The van der Waals surface area contributed by atoms with Gasteiger partial charge in [-0.05, 0) is 142 Å². The lowest BCUT2D eigenvalue weighted by Gasteiger charge is -2.45. The van der Waals surface area contributed by atoms with Gasteiger partial charge in [0.2, 0.25) is 0 Å². The molecule has 12 nitrogen and oxygen atoms in total. The van der Waals surface area contributed by atoms with Crippen molar-refractivity contribution in [3.8, 4) is 0 Å². The summed E-state index contributed by atoms with van der Waals surface area (Å²) in [7, 11) is 0. The summed E-state index contributed by atoms with van der Waals surface area (Å²) in [5.74, 6) is -2.36. The summed E-state index contributed by atoms with van der Waals surface area (Å²) in [5.41, 5.74) is -6.77. The first kappa shape index (κ1) is 75.3. The van der Waals surface area contributed by atoms with Crippen molar-refractivity contribution in [3.63, 3.8) is 0 Å². The molecule has 1 aromatic rings. The standard InChI is InChI=1S/C69H123NO11/c1-18-29-36-53(23-6)44-77-60(71)65(12,13)49-67(15,62(73)79-46-55(25-8)38-31-20-3)51-69(17,64(75)81-48-57(27-10)40-33-22-5)52-68(16,63(74)80-47-56(26-9)39-32-21-4)50-66(14,61(72)78-45-54(24-7)37-30-19-2)43-58(28-11)59-41-34-35-42-70(59)76/h34-35,41-42,53-58H,18-33,36-40,43-52H2,1-17H3. The Labute approximate surface area is 495 Å². The van der Waals surface area contributed by atoms with Gasteiger partial charge >= 0.3 is 29.8 Å². The maximum absolute atomic E-state index is 15.7. The van der Waals surface area contributed by atoms with Gasteiger partial charge in [0.15, 0.2) is 11.9 Å².